The molecule has 2 heterocycles. The van der Waals surface area contributed by atoms with E-state index in [1.54, 1.807) is 0 Å². The summed E-state index contributed by atoms with van der Waals surface area (Å²) in [6.07, 6.45) is 3.12. The zero-order valence-electron chi connectivity index (χ0n) is 11.0. The summed E-state index contributed by atoms with van der Waals surface area (Å²) in [5.41, 5.74) is 5.66. The number of halogens is 2. The summed E-state index contributed by atoms with van der Waals surface area (Å²) in [6.45, 7) is 0.928. The molecule has 1 aliphatic heterocycles. The van der Waals surface area contributed by atoms with Crippen molar-refractivity contribution in [3.63, 3.8) is 0 Å². The largest absolute Gasteiger partial charge is 0.383 e. The molecule has 0 saturated carbocycles. The number of nitrogen functional groups attached to an aromatic ring is 1. The maximum Gasteiger partial charge on any atom is 0.246 e. The summed E-state index contributed by atoms with van der Waals surface area (Å²) in [5.74, 6) is -0.0176. The molecule has 1 atom stereocenters. The Hall–Kier alpha value is -0.600. The Morgan fingerprint density at radius 2 is 2.25 bits per heavy atom. The van der Waals surface area contributed by atoms with Crippen LogP contribution in [0.4, 0.5) is 5.82 Å². The van der Waals surface area contributed by atoms with Crippen LogP contribution < -0.4 is 11.1 Å². The molecule has 0 aliphatic carbocycles. The number of hydrogen-bond acceptors (Lipinski definition) is 5. The summed E-state index contributed by atoms with van der Waals surface area (Å²) in [4.78, 5) is 3.79. The number of pyridine rings is 1. The molecular formula is C11H18Cl2N4O2S. The molecule has 3 N–H and O–H groups in total. The summed E-state index contributed by atoms with van der Waals surface area (Å²) < 4.78 is 26.5. The molecule has 1 fully saturated rings. The number of nitrogens with one attached hydrogen (secondary N) is 1. The number of piperidine rings is 1. The molecule has 1 aromatic heterocycles. The average Bonchev–Trinajstić information content (AvgIpc) is 2.41. The van der Waals surface area contributed by atoms with Crippen molar-refractivity contribution >= 4 is 39.8 Å². The molecule has 9 heteroatoms. The quantitative estimate of drug-likeness (QED) is 0.860. The molecule has 0 radical (unpaired) electrons. The van der Waals surface area contributed by atoms with E-state index in [1.165, 1.54) is 16.6 Å². The Morgan fingerprint density at radius 3 is 2.90 bits per heavy atom. The van der Waals surface area contributed by atoms with E-state index < -0.39 is 10.0 Å². The number of nitrogens with zero attached hydrogens (tertiary/aromatic N) is 2. The van der Waals surface area contributed by atoms with Crippen LogP contribution in [-0.4, -0.2) is 43.9 Å². The highest BCUT2D eigenvalue weighted by Crippen LogP contribution is 2.26. The van der Waals surface area contributed by atoms with Crippen molar-refractivity contribution in [1.82, 2.24) is 14.6 Å². The first kappa shape index (κ1) is 17.5. The van der Waals surface area contributed by atoms with E-state index >= 15 is 0 Å². The Morgan fingerprint density at radius 1 is 1.55 bits per heavy atom. The van der Waals surface area contributed by atoms with E-state index in [9.17, 15) is 8.42 Å². The van der Waals surface area contributed by atoms with E-state index in [-0.39, 0.29) is 34.2 Å². The van der Waals surface area contributed by atoms with Crippen LogP contribution in [0.15, 0.2) is 17.2 Å². The monoisotopic (exact) mass is 340 g/mol. The lowest BCUT2D eigenvalue weighted by Crippen LogP contribution is -2.47. The van der Waals surface area contributed by atoms with Crippen molar-refractivity contribution in [3.8, 4) is 0 Å². The normalized spacial score (nSPS) is 20.4. The molecule has 0 bridgehead atoms. The standard InChI is InChI=1S/C11H17ClN4O2S.ClH/c1-14-9-3-2-4-16(7-9)19(17,18)10-5-8(12)6-15-11(10)13;/h5-6,9,14H,2-4,7H2,1H3,(H2,13,15);1H. The van der Waals surface area contributed by atoms with E-state index in [2.05, 4.69) is 10.3 Å². The van der Waals surface area contributed by atoms with Gasteiger partial charge in [-0.25, -0.2) is 13.4 Å². The second kappa shape index (κ2) is 6.91. The first-order chi connectivity index (χ1) is 8.95. The number of rotatable bonds is 3. The third-order valence-electron chi connectivity index (χ3n) is 3.26. The highest BCUT2D eigenvalue weighted by atomic mass is 35.5. The first-order valence-corrected chi connectivity index (χ1v) is 7.85. The van der Waals surface area contributed by atoms with Gasteiger partial charge in [0.25, 0.3) is 0 Å². The SMILES string of the molecule is CNC1CCCN(S(=O)(=O)c2cc(Cl)cnc2N)C1.Cl. The summed E-state index contributed by atoms with van der Waals surface area (Å²) in [7, 11) is -1.81. The lowest BCUT2D eigenvalue weighted by atomic mass is 10.1. The van der Waals surface area contributed by atoms with Gasteiger partial charge in [-0.1, -0.05) is 11.6 Å². The number of likely N-dealkylation sites (N-methyl/N-ethyl adjacent to an activating group) is 1. The van der Waals surface area contributed by atoms with Gasteiger partial charge in [-0.05, 0) is 26.0 Å². The van der Waals surface area contributed by atoms with Gasteiger partial charge < -0.3 is 11.1 Å². The molecule has 6 nitrogen and oxygen atoms in total. The smallest absolute Gasteiger partial charge is 0.246 e. The molecular weight excluding hydrogens is 323 g/mol. The fourth-order valence-electron chi connectivity index (χ4n) is 2.17. The molecule has 1 aromatic rings. The van der Waals surface area contributed by atoms with Gasteiger partial charge in [-0.3, -0.25) is 0 Å². The fourth-order valence-corrected chi connectivity index (χ4v) is 4.01. The van der Waals surface area contributed by atoms with Gasteiger partial charge in [0, 0.05) is 25.3 Å². The van der Waals surface area contributed by atoms with E-state index in [4.69, 9.17) is 17.3 Å². The van der Waals surface area contributed by atoms with Crippen molar-refractivity contribution in [1.29, 1.82) is 0 Å². The molecule has 2 rings (SSSR count). The third-order valence-corrected chi connectivity index (χ3v) is 5.36. The van der Waals surface area contributed by atoms with Gasteiger partial charge in [0.2, 0.25) is 10.0 Å². The van der Waals surface area contributed by atoms with Gasteiger partial charge in [-0.15, -0.1) is 12.4 Å². The molecule has 1 saturated heterocycles. The van der Waals surface area contributed by atoms with E-state index in [0.717, 1.165) is 12.8 Å². The summed E-state index contributed by atoms with van der Waals surface area (Å²) in [6, 6.07) is 1.51. The van der Waals surface area contributed by atoms with Gasteiger partial charge in [0.15, 0.2) is 0 Å². The van der Waals surface area contributed by atoms with Crippen LogP contribution in [0, 0.1) is 0 Å². The Kier molecular flexibility index (Phi) is 6.03. The minimum atomic E-state index is -3.64. The third kappa shape index (κ3) is 3.53. The Balaban J connectivity index is 0.00000200. The van der Waals surface area contributed by atoms with Gasteiger partial charge in [0.05, 0.1) is 5.02 Å². The first-order valence-electron chi connectivity index (χ1n) is 6.03. The topological polar surface area (TPSA) is 88.3 Å². The summed E-state index contributed by atoms with van der Waals surface area (Å²) in [5, 5.41) is 3.36. The molecule has 0 amide bonds. The van der Waals surface area contributed by atoms with E-state index in [0.29, 0.717) is 13.1 Å². The van der Waals surface area contributed by atoms with Gasteiger partial charge in [0.1, 0.15) is 10.7 Å². The second-order valence-electron chi connectivity index (χ2n) is 4.53. The second-order valence-corrected chi connectivity index (χ2v) is 6.87. The summed E-state index contributed by atoms with van der Waals surface area (Å²) >= 11 is 5.80. The van der Waals surface area contributed by atoms with Crippen molar-refractivity contribution in [2.75, 3.05) is 25.9 Å². The van der Waals surface area contributed by atoms with Crippen molar-refractivity contribution in [2.24, 2.45) is 0 Å². The van der Waals surface area contributed by atoms with Crippen molar-refractivity contribution < 1.29 is 8.42 Å². The lowest BCUT2D eigenvalue weighted by molar-refractivity contribution is 0.293. The van der Waals surface area contributed by atoms with Crippen LogP contribution in [0.2, 0.25) is 5.02 Å². The van der Waals surface area contributed by atoms with Crippen molar-refractivity contribution in [3.05, 3.63) is 17.3 Å². The van der Waals surface area contributed by atoms with Gasteiger partial charge in [-0.2, -0.15) is 4.31 Å². The molecule has 0 aromatic carbocycles. The predicted octanol–water partition coefficient (Wildman–Crippen LogP) is 1.11. The van der Waals surface area contributed by atoms with Crippen molar-refractivity contribution in [2.45, 2.75) is 23.8 Å². The number of nitrogens with two attached hydrogens (primary N) is 1. The minimum Gasteiger partial charge on any atom is -0.383 e. The van der Waals surface area contributed by atoms with Crippen LogP contribution in [0.1, 0.15) is 12.8 Å². The predicted molar refractivity (Wildman–Crippen MR) is 81.7 cm³/mol. The molecule has 1 unspecified atom stereocenters. The molecule has 1 aliphatic rings. The number of hydrogen-bond donors (Lipinski definition) is 2. The maximum atomic E-state index is 12.5. The van der Waals surface area contributed by atoms with Crippen LogP contribution in [0.5, 0.6) is 0 Å². The van der Waals surface area contributed by atoms with Crippen LogP contribution >= 0.6 is 24.0 Å². The number of sulfonamides is 1. The Bertz CT molecular complexity index is 568. The van der Waals surface area contributed by atoms with Gasteiger partial charge >= 0.3 is 0 Å². The van der Waals surface area contributed by atoms with Crippen LogP contribution in [-0.2, 0) is 10.0 Å². The van der Waals surface area contributed by atoms with Crippen LogP contribution in [0.3, 0.4) is 0 Å². The highest BCUT2D eigenvalue weighted by Gasteiger charge is 2.31. The zero-order chi connectivity index (χ0) is 14.0. The number of anilines is 1. The lowest BCUT2D eigenvalue weighted by Gasteiger charge is -2.31. The molecule has 0 spiro atoms. The fraction of sp³-hybridized carbons (Fsp3) is 0.545. The highest BCUT2D eigenvalue weighted by molar-refractivity contribution is 7.89. The number of aromatic nitrogens is 1. The zero-order valence-corrected chi connectivity index (χ0v) is 13.4. The minimum absolute atomic E-state index is 0. The average molecular weight is 341 g/mol. The molecule has 114 valence electrons. The van der Waals surface area contributed by atoms with Crippen LogP contribution in [0.25, 0.3) is 0 Å². The Labute approximate surface area is 130 Å². The molecule has 20 heavy (non-hydrogen) atoms. The van der Waals surface area contributed by atoms with E-state index in [1.807, 2.05) is 7.05 Å². The maximum absolute atomic E-state index is 12.5.